The summed E-state index contributed by atoms with van der Waals surface area (Å²) in [6, 6.07) is 2.47. The summed E-state index contributed by atoms with van der Waals surface area (Å²) >= 11 is 0. The molecule has 118 valence electrons. The molecule has 2 heterocycles. The number of nitrogens with one attached hydrogen (secondary N) is 1. The highest BCUT2D eigenvalue weighted by atomic mass is 16.2. The lowest BCUT2D eigenvalue weighted by molar-refractivity contribution is -0.132. The number of aryl methyl sites for hydroxylation is 2. The van der Waals surface area contributed by atoms with Gasteiger partial charge in [-0.15, -0.1) is 0 Å². The van der Waals surface area contributed by atoms with E-state index < -0.39 is 0 Å². The summed E-state index contributed by atoms with van der Waals surface area (Å²) in [5, 5.41) is 7.92. The van der Waals surface area contributed by atoms with Crippen molar-refractivity contribution in [2.24, 2.45) is 0 Å². The number of nitrogens with zero attached hydrogens (tertiary/aromatic N) is 3. The van der Waals surface area contributed by atoms with Crippen molar-refractivity contribution in [1.29, 1.82) is 0 Å². The van der Waals surface area contributed by atoms with Gasteiger partial charge in [-0.1, -0.05) is 13.3 Å². The minimum Gasteiger partial charge on any atom is -0.340 e. The second-order valence-corrected chi connectivity index (χ2v) is 6.07. The summed E-state index contributed by atoms with van der Waals surface area (Å²) in [5.41, 5.74) is 2.02. The van der Waals surface area contributed by atoms with Crippen LogP contribution in [0, 0.1) is 13.8 Å². The monoisotopic (exact) mass is 292 g/mol. The summed E-state index contributed by atoms with van der Waals surface area (Å²) in [4.78, 5) is 14.6. The summed E-state index contributed by atoms with van der Waals surface area (Å²) < 4.78 is 1.81. The summed E-state index contributed by atoms with van der Waals surface area (Å²) in [6.07, 6.45) is 4.69. The Morgan fingerprint density at radius 3 is 2.86 bits per heavy atom. The molecule has 0 spiro atoms. The molecule has 0 radical (unpaired) electrons. The predicted octanol–water partition coefficient (Wildman–Crippen LogP) is 1.88. The molecule has 1 amide bonds. The van der Waals surface area contributed by atoms with Gasteiger partial charge < -0.3 is 10.2 Å². The number of hydrogen-bond donors (Lipinski definition) is 1. The van der Waals surface area contributed by atoms with Gasteiger partial charge in [0.1, 0.15) is 6.54 Å². The molecular formula is C16H28N4O. The van der Waals surface area contributed by atoms with Gasteiger partial charge in [0.25, 0.3) is 0 Å². The second kappa shape index (κ2) is 7.59. The second-order valence-electron chi connectivity index (χ2n) is 6.07. The fourth-order valence-corrected chi connectivity index (χ4v) is 3.00. The third-order valence-electron chi connectivity index (χ3n) is 4.09. The largest absolute Gasteiger partial charge is 0.340 e. The fraction of sp³-hybridized carbons (Fsp3) is 0.750. The van der Waals surface area contributed by atoms with Gasteiger partial charge in [0.2, 0.25) is 5.91 Å². The van der Waals surface area contributed by atoms with Gasteiger partial charge in [-0.3, -0.25) is 9.48 Å². The molecule has 1 fully saturated rings. The van der Waals surface area contributed by atoms with Crippen LogP contribution in [0.15, 0.2) is 6.07 Å². The molecule has 0 aliphatic carbocycles. The Labute approximate surface area is 127 Å². The van der Waals surface area contributed by atoms with Gasteiger partial charge >= 0.3 is 0 Å². The first-order valence-corrected chi connectivity index (χ1v) is 8.12. The van der Waals surface area contributed by atoms with Crippen LogP contribution in [0.4, 0.5) is 0 Å². The van der Waals surface area contributed by atoms with Crippen LogP contribution in [0.3, 0.4) is 0 Å². The maximum absolute atomic E-state index is 12.6. The van der Waals surface area contributed by atoms with Crippen LogP contribution in [0.25, 0.3) is 0 Å². The van der Waals surface area contributed by atoms with Crippen molar-refractivity contribution < 1.29 is 4.79 Å². The van der Waals surface area contributed by atoms with Gasteiger partial charge in [0, 0.05) is 24.8 Å². The zero-order chi connectivity index (χ0) is 15.2. The van der Waals surface area contributed by atoms with Crippen LogP contribution >= 0.6 is 0 Å². The summed E-state index contributed by atoms with van der Waals surface area (Å²) in [7, 11) is 0. The number of amides is 1. The van der Waals surface area contributed by atoms with Crippen LogP contribution < -0.4 is 5.32 Å². The van der Waals surface area contributed by atoms with Gasteiger partial charge in [0.15, 0.2) is 0 Å². The Kier molecular flexibility index (Phi) is 5.79. The van der Waals surface area contributed by atoms with Gasteiger partial charge in [0.05, 0.1) is 5.69 Å². The summed E-state index contributed by atoms with van der Waals surface area (Å²) in [6.45, 7) is 9.17. The number of carbonyl (C=O) groups is 1. The van der Waals surface area contributed by atoms with Crippen LogP contribution in [-0.2, 0) is 11.3 Å². The Hall–Kier alpha value is -1.36. The number of rotatable bonds is 6. The van der Waals surface area contributed by atoms with Crippen molar-refractivity contribution in [2.45, 2.75) is 59.0 Å². The third kappa shape index (κ3) is 4.56. The van der Waals surface area contributed by atoms with Crippen molar-refractivity contribution in [3.63, 3.8) is 0 Å². The highest BCUT2D eigenvalue weighted by molar-refractivity contribution is 5.76. The topological polar surface area (TPSA) is 50.2 Å². The zero-order valence-electron chi connectivity index (χ0n) is 13.6. The lowest BCUT2D eigenvalue weighted by Gasteiger charge is -2.30. The van der Waals surface area contributed by atoms with Crippen molar-refractivity contribution >= 4 is 5.91 Å². The molecule has 5 heteroatoms. The molecule has 0 saturated carbocycles. The van der Waals surface area contributed by atoms with Crippen LogP contribution in [-0.4, -0.2) is 46.3 Å². The van der Waals surface area contributed by atoms with Gasteiger partial charge in [-0.25, -0.2) is 0 Å². The fourth-order valence-electron chi connectivity index (χ4n) is 3.00. The number of piperidine rings is 1. The van der Waals surface area contributed by atoms with Crippen molar-refractivity contribution in [3.8, 4) is 0 Å². The maximum atomic E-state index is 12.6. The Morgan fingerprint density at radius 1 is 1.48 bits per heavy atom. The molecule has 21 heavy (non-hydrogen) atoms. The first-order chi connectivity index (χ1) is 10.1. The standard InChI is InChI=1S/C16H28N4O/c1-4-9-19(11-15-7-5-6-8-17-15)16(21)12-20-14(3)10-13(2)18-20/h10,15,17H,4-9,11-12H2,1-3H3. The van der Waals surface area contributed by atoms with E-state index >= 15 is 0 Å². The molecule has 1 aliphatic heterocycles. The molecule has 1 aliphatic rings. The van der Waals surface area contributed by atoms with Crippen LogP contribution in [0.5, 0.6) is 0 Å². The lowest BCUT2D eigenvalue weighted by Crippen LogP contribution is -2.47. The number of hydrogen-bond acceptors (Lipinski definition) is 3. The van der Waals surface area contributed by atoms with E-state index in [-0.39, 0.29) is 5.91 Å². The van der Waals surface area contributed by atoms with E-state index in [2.05, 4.69) is 17.3 Å². The van der Waals surface area contributed by atoms with Gasteiger partial charge in [-0.2, -0.15) is 5.10 Å². The SMILES string of the molecule is CCCN(CC1CCCCN1)C(=O)Cn1nc(C)cc1C. The highest BCUT2D eigenvalue weighted by Gasteiger charge is 2.20. The molecule has 1 unspecified atom stereocenters. The predicted molar refractivity (Wildman–Crippen MR) is 84.2 cm³/mol. The van der Waals surface area contributed by atoms with Crippen LogP contribution in [0.1, 0.15) is 44.0 Å². The van der Waals surface area contributed by atoms with Gasteiger partial charge in [-0.05, 0) is 45.7 Å². The average Bonchev–Trinajstić information content (AvgIpc) is 2.77. The molecule has 1 N–H and O–H groups in total. The van der Waals surface area contributed by atoms with Crippen LogP contribution in [0.2, 0.25) is 0 Å². The molecule has 1 aromatic rings. The summed E-state index contributed by atoms with van der Waals surface area (Å²) in [5.74, 6) is 0.176. The quantitative estimate of drug-likeness (QED) is 0.871. The van der Waals surface area contributed by atoms with Crippen molar-refractivity contribution in [2.75, 3.05) is 19.6 Å². The molecule has 0 aromatic carbocycles. The molecule has 0 bridgehead atoms. The Bertz CT molecular complexity index is 463. The smallest absolute Gasteiger partial charge is 0.244 e. The highest BCUT2D eigenvalue weighted by Crippen LogP contribution is 2.10. The average molecular weight is 292 g/mol. The molecule has 1 saturated heterocycles. The molecule has 5 nitrogen and oxygen atoms in total. The van der Waals surface area contributed by atoms with E-state index in [9.17, 15) is 4.79 Å². The third-order valence-corrected chi connectivity index (χ3v) is 4.09. The van der Waals surface area contributed by atoms with E-state index in [0.29, 0.717) is 12.6 Å². The number of aromatic nitrogens is 2. The van der Waals surface area contributed by atoms with E-state index in [1.54, 1.807) is 0 Å². The first kappa shape index (κ1) is 16.0. The molecule has 1 aromatic heterocycles. The minimum atomic E-state index is 0.176. The minimum absolute atomic E-state index is 0.176. The molecular weight excluding hydrogens is 264 g/mol. The van der Waals surface area contributed by atoms with Crippen molar-refractivity contribution in [3.05, 3.63) is 17.5 Å². The maximum Gasteiger partial charge on any atom is 0.244 e. The Morgan fingerprint density at radius 2 is 2.29 bits per heavy atom. The Balaban J connectivity index is 1.95. The number of carbonyl (C=O) groups excluding carboxylic acids is 1. The van der Waals surface area contributed by atoms with E-state index in [1.807, 2.05) is 29.5 Å². The van der Waals surface area contributed by atoms with E-state index in [1.165, 1.54) is 19.3 Å². The van der Waals surface area contributed by atoms with E-state index in [4.69, 9.17) is 0 Å². The first-order valence-electron chi connectivity index (χ1n) is 8.12. The lowest BCUT2D eigenvalue weighted by atomic mass is 10.0. The van der Waals surface area contributed by atoms with E-state index in [0.717, 1.165) is 37.4 Å². The molecule has 2 rings (SSSR count). The normalized spacial score (nSPS) is 18.7. The molecule has 1 atom stereocenters. The van der Waals surface area contributed by atoms with Crippen molar-refractivity contribution in [1.82, 2.24) is 20.0 Å². The zero-order valence-corrected chi connectivity index (χ0v) is 13.6.